The lowest BCUT2D eigenvalue weighted by Crippen LogP contribution is -2.44. The van der Waals surface area contributed by atoms with Crippen molar-refractivity contribution in [3.8, 4) is 0 Å². The molecule has 0 saturated carbocycles. The fourth-order valence-electron chi connectivity index (χ4n) is 1.64. The van der Waals surface area contributed by atoms with Gasteiger partial charge in [-0.3, -0.25) is 4.79 Å². The molecule has 3 N–H and O–H groups in total. The Hall–Kier alpha value is -1.46. The van der Waals surface area contributed by atoms with Crippen molar-refractivity contribution < 1.29 is 14.3 Å². The van der Waals surface area contributed by atoms with Crippen LogP contribution in [0.1, 0.15) is 32.4 Å². The van der Waals surface area contributed by atoms with Gasteiger partial charge in [-0.25, -0.2) is 4.39 Å². The van der Waals surface area contributed by atoms with E-state index in [9.17, 15) is 14.3 Å². The zero-order valence-corrected chi connectivity index (χ0v) is 12.2. The number of nitrogens with one attached hydrogen (secondary N) is 2. The molecule has 1 amide bonds. The molecule has 20 heavy (non-hydrogen) atoms. The van der Waals surface area contributed by atoms with Crippen LogP contribution in [0.4, 0.5) is 4.39 Å². The van der Waals surface area contributed by atoms with Crippen LogP contribution in [0.15, 0.2) is 24.3 Å². The SMILES string of the molecule is CC(C)CNC(=O)C(C)NCC(O)c1ccc(F)cc1. The lowest BCUT2D eigenvalue weighted by molar-refractivity contribution is -0.123. The van der Waals surface area contributed by atoms with Gasteiger partial charge in [0.15, 0.2) is 0 Å². The molecule has 0 aliphatic heterocycles. The van der Waals surface area contributed by atoms with Crippen molar-refractivity contribution in [2.75, 3.05) is 13.1 Å². The van der Waals surface area contributed by atoms with Crippen molar-refractivity contribution in [1.82, 2.24) is 10.6 Å². The molecule has 0 fully saturated rings. The van der Waals surface area contributed by atoms with Gasteiger partial charge < -0.3 is 15.7 Å². The summed E-state index contributed by atoms with van der Waals surface area (Å²) in [6, 6.07) is 5.29. The highest BCUT2D eigenvalue weighted by molar-refractivity contribution is 5.81. The molecule has 0 spiro atoms. The smallest absolute Gasteiger partial charge is 0.236 e. The van der Waals surface area contributed by atoms with E-state index in [0.717, 1.165) is 0 Å². The number of benzene rings is 1. The van der Waals surface area contributed by atoms with Crippen LogP contribution in [0.5, 0.6) is 0 Å². The molecular weight excluding hydrogens is 259 g/mol. The van der Waals surface area contributed by atoms with Crippen molar-refractivity contribution in [2.24, 2.45) is 5.92 Å². The molecule has 2 atom stereocenters. The third-order valence-electron chi connectivity index (χ3n) is 2.95. The predicted octanol–water partition coefficient (Wildman–Crippen LogP) is 1.61. The summed E-state index contributed by atoms with van der Waals surface area (Å²) in [7, 11) is 0. The van der Waals surface area contributed by atoms with Gasteiger partial charge in [0.25, 0.3) is 0 Å². The van der Waals surface area contributed by atoms with Gasteiger partial charge in [-0.05, 0) is 30.5 Å². The van der Waals surface area contributed by atoms with E-state index in [1.807, 2.05) is 13.8 Å². The van der Waals surface area contributed by atoms with E-state index in [1.54, 1.807) is 6.92 Å². The second kappa shape index (κ2) is 7.97. The zero-order valence-electron chi connectivity index (χ0n) is 12.2. The van der Waals surface area contributed by atoms with Crippen LogP contribution >= 0.6 is 0 Å². The number of halogens is 1. The van der Waals surface area contributed by atoms with Crippen LogP contribution in [0.3, 0.4) is 0 Å². The first-order valence-electron chi connectivity index (χ1n) is 6.84. The normalized spacial score (nSPS) is 14.1. The summed E-state index contributed by atoms with van der Waals surface area (Å²) in [5.41, 5.74) is 0.619. The Morgan fingerprint density at radius 2 is 1.80 bits per heavy atom. The van der Waals surface area contributed by atoms with Crippen molar-refractivity contribution in [1.29, 1.82) is 0 Å². The molecule has 5 heteroatoms. The van der Waals surface area contributed by atoms with Crippen LogP contribution in [0.25, 0.3) is 0 Å². The van der Waals surface area contributed by atoms with Crippen molar-refractivity contribution in [2.45, 2.75) is 32.9 Å². The molecule has 112 valence electrons. The molecule has 0 aliphatic carbocycles. The Balaban J connectivity index is 2.38. The van der Waals surface area contributed by atoms with Crippen LogP contribution in [0, 0.1) is 11.7 Å². The van der Waals surface area contributed by atoms with E-state index in [4.69, 9.17) is 0 Å². The number of hydrogen-bond donors (Lipinski definition) is 3. The first-order valence-corrected chi connectivity index (χ1v) is 6.84. The van der Waals surface area contributed by atoms with Crippen LogP contribution < -0.4 is 10.6 Å². The third kappa shape index (κ3) is 5.67. The number of aliphatic hydroxyl groups is 1. The topological polar surface area (TPSA) is 61.4 Å². The van der Waals surface area contributed by atoms with Gasteiger partial charge in [0.1, 0.15) is 5.82 Å². The number of hydrogen-bond acceptors (Lipinski definition) is 3. The van der Waals surface area contributed by atoms with E-state index in [1.165, 1.54) is 24.3 Å². The minimum Gasteiger partial charge on any atom is -0.387 e. The largest absolute Gasteiger partial charge is 0.387 e. The minimum absolute atomic E-state index is 0.0926. The van der Waals surface area contributed by atoms with Gasteiger partial charge >= 0.3 is 0 Å². The molecule has 0 aliphatic rings. The molecule has 0 aromatic heterocycles. The summed E-state index contributed by atoms with van der Waals surface area (Å²) in [5.74, 6) is -0.0312. The molecule has 0 heterocycles. The minimum atomic E-state index is -0.768. The first-order chi connectivity index (χ1) is 9.40. The third-order valence-corrected chi connectivity index (χ3v) is 2.95. The summed E-state index contributed by atoms with van der Waals surface area (Å²) in [5, 5.41) is 15.7. The molecule has 1 aromatic carbocycles. The van der Waals surface area contributed by atoms with Gasteiger partial charge in [-0.1, -0.05) is 26.0 Å². The Kier molecular flexibility index (Phi) is 6.61. The molecule has 4 nitrogen and oxygen atoms in total. The van der Waals surface area contributed by atoms with E-state index in [2.05, 4.69) is 10.6 Å². The highest BCUT2D eigenvalue weighted by atomic mass is 19.1. The lowest BCUT2D eigenvalue weighted by Gasteiger charge is -2.18. The van der Waals surface area contributed by atoms with Crippen LogP contribution in [-0.2, 0) is 4.79 Å². The number of aliphatic hydroxyl groups excluding tert-OH is 1. The van der Waals surface area contributed by atoms with Gasteiger partial charge in [0.2, 0.25) is 5.91 Å². The van der Waals surface area contributed by atoms with Crippen molar-refractivity contribution >= 4 is 5.91 Å². The number of carbonyl (C=O) groups excluding carboxylic acids is 1. The Bertz CT molecular complexity index is 420. The number of carbonyl (C=O) groups is 1. The number of amides is 1. The maximum atomic E-state index is 12.8. The average molecular weight is 282 g/mol. The van der Waals surface area contributed by atoms with E-state index < -0.39 is 6.10 Å². The van der Waals surface area contributed by atoms with E-state index >= 15 is 0 Å². The quantitative estimate of drug-likeness (QED) is 0.712. The summed E-state index contributed by atoms with van der Waals surface area (Å²) in [6.45, 7) is 6.66. The standard InChI is InChI=1S/C15H23FN2O2/c1-10(2)8-18-15(20)11(3)17-9-14(19)12-4-6-13(16)7-5-12/h4-7,10-11,14,17,19H,8-9H2,1-3H3,(H,18,20). The maximum absolute atomic E-state index is 12.8. The summed E-state index contributed by atoms with van der Waals surface area (Å²) in [6.07, 6.45) is -0.768. The second-order valence-corrected chi connectivity index (χ2v) is 5.34. The first kappa shape index (κ1) is 16.6. The summed E-state index contributed by atoms with van der Waals surface area (Å²) < 4.78 is 12.8. The summed E-state index contributed by atoms with van der Waals surface area (Å²) in [4.78, 5) is 11.7. The Morgan fingerprint density at radius 3 is 2.35 bits per heavy atom. The van der Waals surface area contributed by atoms with Crippen LogP contribution in [-0.4, -0.2) is 30.1 Å². The highest BCUT2D eigenvalue weighted by Crippen LogP contribution is 2.12. The molecule has 1 rings (SSSR count). The molecule has 0 saturated heterocycles. The van der Waals surface area contributed by atoms with E-state index in [-0.39, 0.29) is 24.3 Å². The van der Waals surface area contributed by atoms with Gasteiger partial charge in [-0.2, -0.15) is 0 Å². The maximum Gasteiger partial charge on any atom is 0.236 e. The molecule has 0 bridgehead atoms. The fraction of sp³-hybridized carbons (Fsp3) is 0.533. The monoisotopic (exact) mass is 282 g/mol. The lowest BCUT2D eigenvalue weighted by atomic mass is 10.1. The van der Waals surface area contributed by atoms with Gasteiger partial charge in [0, 0.05) is 13.1 Å². The molecule has 0 radical (unpaired) electrons. The Labute approximate surface area is 119 Å². The fourth-order valence-corrected chi connectivity index (χ4v) is 1.64. The predicted molar refractivity (Wildman–Crippen MR) is 76.7 cm³/mol. The zero-order chi connectivity index (χ0) is 15.1. The molecule has 2 unspecified atom stereocenters. The number of rotatable bonds is 7. The Morgan fingerprint density at radius 1 is 1.20 bits per heavy atom. The second-order valence-electron chi connectivity index (χ2n) is 5.34. The van der Waals surface area contributed by atoms with Crippen LogP contribution in [0.2, 0.25) is 0 Å². The van der Waals surface area contributed by atoms with E-state index in [0.29, 0.717) is 18.0 Å². The molecule has 1 aromatic rings. The molecular formula is C15H23FN2O2. The average Bonchev–Trinajstić information content (AvgIpc) is 2.42. The van der Waals surface area contributed by atoms with Crippen molar-refractivity contribution in [3.63, 3.8) is 0 Å². The summed E-state index contributed by atoms with van der Waals surface area (Å²) >= 11 is 0. The van der Waals surface area contributed by atoms with Gasteiger partial charge in [-0.15, -0.1) is 0 Å². The van der Waals surface area contributed by atoms with Gasteiger partial charge in [0.05, 0.1) is 12.1 Å². The van der Waals surface area contributed by atoms with Crippen molar-refractivity contribution in [3.05, 3.63) is 35.6 Å². The highest BCUT2D eigenvalue weighted by Gasteiger charge is 2.15.